The number of hydrogen-bond donors (Lipinski definition) is 2. The summed E-state index contributed by atoms with van der Waals surface area (Å²) in [6.45, 7) is 2.22. The Kier molecular flexibility index (Phi) is 3.29. The molecule has 3 heteroatoms. The predicted octanol–water partition coefficient (Wildman–Crippen LogP) is 2.02. The van der Waals surface area contributed by atoms with E-state index in [9.17, 15) is 4.79 Å². The highest BCUT2D eigenvalue weighted by molar-refractivity contribution is 5.72. The largest absolute Gasteiger partial charge is 0.481 e. The molecule has 0 bridgehead atoms. The van der Waals surface area contributed by atoms with E-state index in [1.54, 1.807) is 0 Å². The summed E-state index contributed by atoms with van der Waals surface area (Å²) in [7, 11) is 0. The topological polar surface area (TPSA) is 49.3 Å². The first-order valence-electron chi connectivity index (χ1n) is 6.17. The molecule has 3 nitrogen and oxygen atoms in total. The Bertz CT molecular complexity index is 236. The third-order valence-electron chi connectivity index (χ3n) is 4.18. The number of rotatable bonds is 4. The molecule has 0 radical (unpaired) electrons. The summed E-state index contributed by atoms with van der Waals surface area (Å²) < 4.78 is 0. The molecule has 0 saturated heterocycles. The summed E-state index contributed by atoms with van der Waals surface area (Å²) in [6.07, 6.45) is 7.23. The molecule has 2 fully saturated rings. The minimum Gasteiger partial charge on any atom is -0.481 e. The molecule has 2 rings (SSSR count). The second-order valence-corrected chi connectivity index (χ2v) is 5.13. The van der Waals surface area contributed by atoms with Gasteiger partial charge in [0.05, 0.1) is 5.92 Å². The highest BCUT2D eigenvalue weighted by Crippen LogP contribution is 2.32. The van der Waals surface area contributed by atoms with Crippen LogP contribution in [0.25, 0.3) is 0 Å². The number of nitrogens with one attached hydrogen (secondary N) is 1. The maximum atomic E-state index is 10.9. The van der Waals surface area contributed by atoms with Crippen LogP contribution in [-0.2, 0) is 4.79 Å². The van der Waals surface area contributed by atoms with Crippen LogP contribution < -0.4 is 5.32 Å². The molecule has 2 unspecified atom stereocenters. The fourth-order valence-corrected chi connectivity index (χ4v) is 2.93. The fourth-order valence-electron chi connectivity index (χ4n) is 2.93. The third-order valence-corrected chi connectivity index (χ3v) is 4.18. The van der Waals surface area contributed by atoms with Crippen molar-refractivity contribution < 1.29 is 9.90 Å². The van der Waals surface area contributed by atoms with Crippen LogP contribution in [0.4, 0.5) is 0 Å². The molecule has 2 N–H and O–H groups in total. The molecule has 0 aromatic carbocycles. The van der Waals surface area contributed by atoms with Crippen molar-refractivity contribution >= 4 is 5.97 Å². The van der Waals surface area contributed by atoms with Gasteiger partial charge >= 0.3 is 5.97 Å². The first-order chi connectivity index (χ1) is 7.18. The highest BCUT2D eigenvalue weighted by Gasteiger charge is 2.38. The molecule has 15 heavy (non-hydrogen) atoms. The minimum atomic E-state index is -0.627. The molecule has 2 aliphatic rings. The van der Waals surface area contributed by atoms with Crippen molar-refractivity contribution in [3.63, 3.8) is 0 Å². The van der Waals surface area contributed by atoms with E-state index in [-0.39, 0.29) is 12.0 Å². The van der Waals surface area contributed by atoms with E-state index in [1.165, 1.54) is 25.7 Å². The molecular weight excluding hydrogens is 190 g/mol. The predicted molar refractivity (Wildman–Crippen MR) is 58.7 cm³/mol. The number of hydrogen-bond acceptors (Lipinski definition) is 2. The average Bonchev–Trinajstić information content (AvgIpc) is 2.63. The van der Waals surface area contributed by atoms with Crippen molar-refractivity contribution in [1.82, 2.24) is 5.32 Å². The summed E-state index contributed by atoms with van der Waals surface area (Å²) in [4.78, 5) is 10.9. The van der Waals surface area contributed by atoms with E-state index in [0.717, 1.165) is 18.8 Å². The third kappa shape index (κ3) is 2.33. The van der Waals surface area contributed by atoms with Crippen LogP contribution >= 0.6 is 0 Å². The van der Waals surface area contributed by atoms with Crippen LogP contribution in [0.1, 0.15) is 45.4 Å². The normalized spacial score (nSPS) is 33.7. The standard InChI is InChI=1S/C12H21NO2/c1-8(9-4-2-3-5-9)13-11-7-6-10(11)12(14)15/h8-11,13H,2-7H2,1H3,(H,14,15)/t8-,10?,11?/m0/s1. The van der Waals surface area contributed by atoms with E-state index in [4.69, 9.17) is 5.11 Å². The molecule has 0 aromatic heterocycles. The Labute approximate surface area is 91.2 Å². The summed E-state index contributed by atoms with van der Waals surface area (Å²) in [5.41, 5.74) is 0. The van der Waals surface area contributed by atoms with E-state index >= 15 is 0 Å². The zero-order valence-electron chi connectivity index (χ0n) is 9.41. The Morgan fingerprint density at radius 2 is 1.93 bits per heavy atom. The van der Waals surface area contributed by atoms with Crippen molar-refractivity contribution in [2.45, 2.75) is 57.5 Å². The Balaban J connectivity index is 1.78. The molecular formula is C12H21NO2. The summed E-state index contributed by atoms with van der Waals surface area (Å²) in [6, 6.07) is 0.734. The Morgan fingerprint density at radius 3 is 2.40 bits per heavy atom. The van der Waals surface area contributed by atoms with Gasteiger partial charge in [-0.1, -0.05) is 12.8 Å². The second-order valence-electron chi connectivity index (χ2n) is 5.13. The van der Waals surface area contributed by atoms with Crippen LogP contribution in [0.15, 0.2) is 0 Å². The van der Waals surface area contributed by atoms with E-state index < -0.39 is 5.97 Å². The molecule has 0 amide bonds. The maximum absolute atomic E-state index is 10.9. The van der Waals surface area contributed by atoms with Gasteiger partial charge in [0.25, 0.3) is 0 Å². The van der Waals surface area contributed by atoms with Gasteiger partial charge < -0.3 is 10.4 Å². The summed E-state index contributed by atoms with van der Waals surface area (Å²) >= 11 is 0. The SMILES string of the molecule is C[C@H](NC1CCC1C(=O)O)C1CCCC1. The summed E-state index contributed by atoms with van der Waals surface area (Å²) in [5, 5.41) is 12.5. The number of carbonyl (C=O) groups is 1. The molecule has 86 valence electrons. The van der Waals surface area contributed by atoms with Crippen LogP contribution in [0, 0.1) is 11.8 Å². The monoisotopic (exact) mass is 211 g/mol. The quantitative estimate of drug-likeness (QED) is 0.748. The zero-order valence-corrected chi connectivity index (χ0v) is 9.41. The smallest absolute Gasteiger partial charge is 0.308 e. The minimum absolute atomic E-state index is 0.131. The van der Waals surface area contributed by atoms with Gasteiger partial charge in [0, 0.05) is 12.1 Å². The van der Waals surface area contributed by atoms with Crippen LogP contribution in [0.3, 0.4) is 0 Å². The average molecular weight is 211 g/mol. The van der Waals surface area contributed by atoms with Gasteiger partial charge in [0.15, 0.2) is 0 Å². The van der Waals surface area contributed by atoms with Crippen molar-refractivity contribution in [2.24, 2.45) is 11.8 Å². The van der Waals surface area contributed by atoms with Crippen molar-refractivity contribution in [2.75, 3.05) is 0 Å². The second kappa shape index (κ2) is 4.52. The van der Waals surface area contributed by atoms with E-state index in [1.807, 2.05) is 0 Å². The van der Waals surface area contributed by atoms with Gasteiger partial charge in [-0.05, 0) is 38.5 Å². The lowest BCUT2D eigenvalue weighted by atomic mass is 9.78. The molecule has 2 saturated carbocycles. The van der Waals surface area contributed by atoms with Crippen LogP contribution in [0.2, 0.25) is 0 Å². The number of carboxylic acids is 1. The van der Waals surface area contributed by atoms with E-state index in [2.05, 4.69) is 12.2 Å². The van der Waals surface area contributed by atoms with Gasteiger partial charge in [-0.15, -0.1) is 0 Å². The fraction of sp³-hybridized carbons (Fsp3) is 0.917. The van der Waals surface area contributed by atoms with Crippen LogP contribution in [0.5, 0.6) is 0 Å². The van der Waals surface area contributed by atoms with Crippen molar-refractivity contribution in [3.8, 4) is 0 Å². The lowest BCUT2D eigenvalue weighted by Crippen LogP contribution is -2.52. The summed E-state index contributed by atoms with van der Waals surface area (Å²) in [5.74, 6) is 0.0197. The molecule has 0 aliphatic heterocycles. The van der Waals surface area contributed by atoms with E-state index in [0.29, 0.717) is 6.04 Å². The molecule has 0 aromatic rings. The zero-order chi connectivity index (χ0) is 10.8. The number of carboxylic acid groups (broad SMARTS) is 1. The highest BCUT2D eigenvalue weighted by atomic mass is 16.4. The van der Waals surface area contributed by atoms with Crippen LogP contribution in [-0.4, -0.2) is 23.2 Å². The van der Waals surface area contributed by atoms with Gasteiger partial charge in [-0.2, -0.15) is 0 Å². The van der Waals surface area contributed by atoms with Gasteiger partial charge in [0.2, 0.25) is 0 Å². The number of aliphatic carboxylic acids is 1. The molecule has 0 heterocycles. The Hall–Kier alpha value is -0.570. The van der Waals surface area contributed by atoms with Crippen molar-refractivity contribution in [3.05, 3.63) is 0 Å². The first-order valence-corrected chi connectivity index (χ1v) is 6.17. The maximum Gasteiger partial charge on any atom is 0.308 e. The molecule has 3 atom stereocenters. The molecule has 0 spiro atoms. The Morgan fingerprint density at radius 1 is 1.27 bits per heavy atom. The van der Waals surface area contributed by atoms with Gasteiger partial charge in [-0.25, -0.2) is 0 Å². The van der Waals surface area contributed by atoms with Gasteiger partial charge in [-0.3, -0.25) is 4.79 Å². The van der Waals surface area contributed by atoms with Crippen molar-refractivity contribution in [1.29, 1.82) is 0 Å². The van der Waals surface area contributed by atoms with Gasteiger partial charge in [0.1, 0.15) is 0 Å². The lowest BCUT2D eigenvalue weighted by Gasteiger charge is -2.37. The lowest BCUT2D eigenvalue weighted by molar-refractivity contribution is -0.146. The molecule has 2 aliphatic carbocycles. The first kappa shape index (κ1) is 10.9.